The highest BCUT2D eigenvalue weighted by Gasteiger charge is 2.09. The van der Waals surface area contributed by atoms with Crippen molar-refractivity contribution >= 4 is 29.0 Å². The molecular weight excluding hydrogens is 269 g/mol. The van der Waals surface area contributed by atoms with Crippen molar-refractivity contribution in [2.24, 2.45) is 0 Å². The Morgan fingerprint density at radius 3 is 2.67 bits per heavy atom. The minimum absolute atomic E-state index is 0.00663. The van der Waals surface area contributed by atoms with E-state index in [1.54, 1.807) is 18.2 Å². The average molecular weight is 288 g/mol. The lowest BCUT2D eigenvalue weighted by Gasteiger charge is -2.06. The molecule has 0 saturated carbocycles. The second-order valence-corrected chi connectivity index (χ2v) is 5.13. The fraction of sp³-hybridized carbons (Fsp3) is 0.500. The van der Waals surface area contributed by atoms with Crippen molar-refractivity contribution in [2.45, 2.75) is 32.6 Å². The number of rotatable bonds is 8. The zero-order valence-electron chi connectivity index (χ0n) is 10.6. The summed E-state index contributed by atoms with van der Waals surface area (Å²) in [5.74, 6) is 0.00663. The Morgan fingerprint density at radius 1 is 1.22 bits per heavy atom. The van der Waals surface area contributed by atoms with E-state index in [0.717, 1.165) is 13.0 Å². The van der Waals surface area contributed by atoms with E-state index in [9.17, 15) is 4.79 Å². The molecule has 0 fully saturated rings. The molecule has 0 atom stereocenters. The molecule has 0 saturated heterocycles. The number of benzene rings is 1. The maximum Gasteiger partial charge on any atom is 0.178 e. The van der Waals surface area contributed by atoms with E-state index >= 15 is 0 Å². The van der Waals surface area contributed by atoms with Gasteiger partial charge in [0.2, 0.25) is 0 Å². The lowest BCUT2D eigenvalue weighted by Crippen LogP contribution is -2.24. The number of nitrogens with one attached hydrogen (secondary N) is 1. The molecule has 0 bridgehead atoms. The predicted octanol–water partition coefficient (Wildman–Crippen LogP) is 4.35. The SMILES string of the molecule is CCCCCCNCC(=O)c1ccc(Cl)cc1Cl. The van der Waals surface area contributed by atoms with Gasteiger partial charge in [-0.3, -0.25) is 4.79 Å². The summed E-state index contributed by atoms with van der Waals surface area (Å²) in [6.45, 7) is 3.38. The van der Waals surface area contributed by atoms with Gasteiger partial charge in [-0.15, -0.1) is 0 Å². The van der Waals surface area contributed by atoms with Crippen LogP contribution in [0.5, 0.6) is 0 Å². The number of carbonyl (C=O) groups is 1. The maximum absolute atomic E-state index is 11.9. The minimum atomic E-state index is 0.00663. The summed E-state index contributed by atoms with van der Waals surface area (Å²) in [7, 11) is 0. The van der Waals surface area contributed by atoms with Crippen LogP contribution in [0.4, 0.5) is 0 Å². The average Bonchev–Trinajstić information content (AvgIpc) is 2.33. The van der Waals surface area contributed by atoms with Gasteiger partial charge < -0.3 is 5.32 Å². The molecule has 0 aliphatic carbocycles. The van der Waals surface area contributed by atoms with Gasteiger partial charge in [-0.05, 0) is 31.2 Å². The summed E-state index contributed by atoms with van der Waals surface area (Å²) in [6.07, 6.45) is 4.78. The Bertz CT molecular complexity index is 393. The zero-order chi connectivity index (χ0) is 13.4. The van der Waals surface area contributed by atoms with Gasteiger partial charge in [0.1, 0.15) is 0 Å². The summed E-state index contributed by atoms with van der Waals surface area (Å²) in [5, 5.41) is 4.11. The van der Waals surface area contributed by atoms with Gasteiger partial charge in [0.05, 0.1) is 11.6 Å². The molecule has 0 unspecified atom stereocenters. The number of Topliss-reactive ketones (excluding diaryl/α,β-unsaturated/α-hetero) is 1. The van der Waals surface area contributed by atoms with Crippen molar-refractivity contribution in [3.8, 4) is 0 Å². The molecule has 1 aromatic rings. The Kier molecular flexibility index (Phi) is 7.33. The number of carbonyl (C=O) groups excluding carboxylic acids is 1. The number of hydrogen-bond donors (Lipinski definition) is 1. The first-order chi connectivity index (χ1) is 8.65. The fourth-order valence-electron chi connectivity index (χ4n) is 1.69. The number of halogens is 2. The van der Waals surface area contributed by atoms with E-state index in [2.05, 4.69) is 12.2 Å². The molecule has 0 amide bonds. The highest BCUT2D eigenvalue weighted by molar-refractivity contribution is 6.36. The third-order valence-electron chi connectivity index (χ3n) is 2.72. The molecule has 1 N–H and O–H groups in total. The third kappa shape index (κ3) is 5.38. The molecular formula is C14H19Cl2NO. The van der Waals surface area contributed by atoms with Crippen LogP contribution in [0, 0.1) is 0 Å². The molecule has 1 aromatic carbocycles. The summed E-state index contributed by atoms with van der Waals surface area (Å²) < 4.78 is 0. The van der Waals surface area contributed by atoms with Crippen LogP contribution in [0.2, 0.25) is 10.0 Å². The number of hydrogen-bond acceptors (Lipinski definition) is 2. The Hall–Kier alpha value is -0.570. The first-order valence-electron chi connectivity index (χ1n) is 6.34. The number of unbranched alkanes of at least 4 members (excludes halogenated alkanes) is 3. The smallest absolute Gasteiger partial charge is 0.178 e. The van der Waals surface area contributed by atoms with Crippen LogP contribution in [0.25, 0.3) is 0 Å². The molecule has 0 aliphatic heterocycles. The maximum atomic E-state index is 11.9. The van der Waals surface area contributed by atoms with Crippen LogP contribution in [0.3, 0.4) is 0 Å². The van der Waals surface area contributed by atoms with Crippen LogP contribution in [0.1, 0.15) is 43.0 Å². The van der Waals surface area contributed by atoms with Crippen molar-refractivity contribution in [1.82, 2.24) is 5.32 Å². The van der Waals surface area contributed by atoms with Crippen LogP contribution in [-0.4, -0.2) is 18.9 Å². The molecule has 18 heavy (non-hydrogen) atoms. The quantitative estimate of drug-likeness (QED) is 0.569. The summed E-state index contributed by atoms with van der Waals surface area (Å²) >= 11 is 11.8. The fourth-order valence-corrected chi connectivity index (χ4v) is 2.20. The minimum Gasteiger partial charge on any atom is -0.310 e. The van der Waals surface area contributed by atoms with Crippen LogP contribution in [-0.2, 0) is 0 Å². The van der Waals surface area contributed by atoms with Crippen molar-refractivity contribution < 1.29 is 4.79 Å². The van der Waals surface area contributed by atoms with Crippen molar-refractivity contribution in [3.05, 3.63) is 33.8 Å². The van der Waals surface area contributed by atoms with E-state index < -0.39 is 0 Å². The van der Waals surface area contributed by atoms with Gasteiger partial charge in [-0.1, -0.05) is 49.4 Å². The van der Waals surface area contributed by atoms with Gasteiger partial charge in [-0.25, -0.2) is 0 Å². The molecule has 0 aromatic heterocycles. The molecule has 0 aliphatic rings. The molecule has 100 valence electrons. The third-order valence-corrected chi connectivity index (χ3v) is 3.27. The van der Waals surface area contributed by atoms with Crippen LogP contribution >= 0.6 is 23.2 Å². The van der Waals surface area contributed by atoms with E-state index in [1.165, 1.54) is 19.3 Å². The van der Waals surface area contributed by atoms with E-state index in [-0.39, 0.29) is 5.78 Å². The van der Waals surface area contributed by atoms with Crippen LogP contribution in [0.15, 0.2) is 18.2 Å². The second kappa shape index (κ2) is 8.52. The molecule has 2 nitrogen and oxygen atoms in total. The summed E-state index contributed by atoms with van der Waals surface area (Å²) in [5.41, 5.74) is 0.530. The molecule has 0 spiro atoms. The molecule has 1 rings (SSSR count). The Morgan fingerprint density at radius 2 is 2.00 bits per heavy atom. The standard InChI is InChI=1S/C14H19Cl2NO/c1-2-3-4-5-8-17-10-14(18)12-7-6-11(15)9-13(12)16/h6-7,9,17H,2-5,8,10H2,1H3. The van der Waals surface area contributed by atoms with E-state index in [0.29, 0.717) is 22.2 Å². The van der Waals surface area contributed by atoms with E-state index in [1.807, 2.05) is 0 Å². The summed E-state index contributed by atoms with van der Waals surface area (Å²) in [6, 6.07) is 4.95. The van der Waals surface area contributed by atoms with Gasteiger partial charge in [0.15, 0.2) is 5.78 Å². The predicted molar refractivity (Wildman–Crippen MR) is 77.8 cm³/mol. The molecule has 0 heterocycles. The topological polar surface area (TPSA) is 29.1 Å². The first kappa shape index (κ1) is 15.5. The van der Waals surface area contributed by atoms with E-state index in [4.69, 9.17) is 23.2 Å². The Balaban J connectivity index is 2.32. The molecule has 4 heteroatoms. The Labute approximate surface area is 119 Å². The van der Waals surface area contributed by atoms with Crippen LogP contribution < -0.4 is 5.32 Å². The first-order valence-corrected chi connectivity index (χ1v) is 7.09. The van der Waals surface area contributed by atoms with Gasteiger partial charge >= 0.3 is 0 Å². The highest BCUT2D eigenvalue weighted by Crippen LogP contribution is 2.21. The monoisotopic (exact) mass is 287 g/mol. The lowest BCUT2D eigenvalue weighted by atomic mass is 10.1. The normalized spacial score (nSPS) is 10.6. The van der Waals surface area contributed by atoms with Crippen molar-refractivity contribution in [2.75, 3.05) is 13.1 Å². The largest absolute Gasteiger partial charge is 0.310 e. The number of ketones is 1. The zero-order valence-corrected chi connectivity index (χ0v) is 12.2. The molecule has 0 radical (unpaired) electrons. The summed E-state index contributed by atoms with van der Waals surface area (Å²) in [4.78, 5) is 11.9. The van der Waals surface area contributed by atoms with Gasteiger partial charge in [-0.2, -0.15) is 0 Å². The lowest BCUT2D eigenvalue weighted by molar-refractivity contribution is 0.0991. The second-order valence-electron chi connectivity index (χ2n) is 4.28. The van der Waals surface area contributed by atoms with Crippen molar-refractivity contribution in [3.63, 3.8) is 0 Å². The van der Waals surface area contributed by atoms with Crippen molar-refractivity contribution in [1.29, 1.82) is 0 Å². The highest BCUT2D eigenvalue weighted by atomic mass is 35.5. The van der Waals surface area contributed by atoms with Gasteiger partial charge in [0, 0.05) is 10.6 Å². The van der Waals surface area contributed by atoms with Gasteiger partial charge in [0.25, 0.3) is 0 Å².